The third kappa shape index (κ3) is 4.69. The number of rotatable bonds is 5. The fraction of sp³-hybridized carbons (Fsp3) is 0.286. The molecule has 0 spiro atoms. The second-order valence-corrected chi connectivity index (χ2v) is 7.45. The minimum absolute atomic E-state index is 0.356. The third-order valence-corrected chi connectivity index (χ3v) is 4.97. The molecule has 0 saturated heterocycles. The maximum absolute atomic E-state index is 12.3. The molecule has 1 aromatic carbocycles. The largest absolute Gasteiger partial charge is 0.534 e. The number of anilines is 1. The van der Waals surface area contributed by atoms with Crippen molar-refractivity contribution in [2.45, 2.75) is 25.3 Å². The van der Waals surface area contributed by atoms with Crippen LogP contribution < -0.4 is 9.50 Å². The summed E-state index contributed by atoms with van der Waals surface area (Å²) in [4.78, 5) is 16.2. The van der Waals surface area contributed by atoms with Gasteiger partial charge in [0.15, 0.2) is 5.13 Å². The van der Waals surface area contributed by atoms with E-state index in [4.69, 9.17) is 0 Å². The summed E-state index contributed by atoms with van der Waals surface area (Å²) in [5, 5.41) is 4.83. The number of thiazole rings is 1. The Kier molecular flexibility index (Phi) is 5.37. The van der Waals surface area contributed by atoms with Crippen LogP contribution in [0, 0.1) is 6.92 Å². The standard InChI is InChI=1S/C14H13F3N2O4S2/c1-8-7-24-13(18-8)19-12(20)9(2)10-3-5-11(6-4-10)23-25(21,22)14(15,16)17/h3-7,9H,1-2H3,(H,18,19,20)/t9-/m1/s1. The van der Waals surface area contributed by atoms with Gasteiger partial charge in [0.2, 0.25) is 5.91 Å². The molecule has 2 aromatic rings. The molecular weight excluding hydrogens is 381 g/mol. The number of carbonyl (C=O) groups excluding carboxylic acids is 1. The summed E-state index contributed by atoms with van der Waals surface area (Å²) >= 11 is 1.27. The normalized spacial score (nSPS) is 13.3. The van der Waals surface area contributed by atoms with Crippen LogP contribution in [-0.2, 0) is 14.9 Å². The molecule has 1 aromatic heterocycles. The lowest BCUT2D eigenvalue weighted by Gasteiger charge is -2.13. The van der Waals surface area contributed by atoms with Crippen molar-refractivity contribution in [3.8, 4) is 5.75 Å². The van der Waals surface area contributed by atoms with Gasteiger partial charge in [-0.25, -0.2) is 4.98 Å². The van der Waals surface area contributed by atoms with Crippen LogP contribution >= 0.6 is 11.3 Å². The van der Waals surface area contributed by atoms with Gasteiger partial charge in [-0.05, 0) is 31.5 Å². The molecule has 0 bridgehead atoms. The summed E-state index contributed by atoms with van der Waals surface area (Å²) in [5.41, 5.74) is -4.27. The highest BCUT2D eigenvalue weighted by atomic mass is 32.2. The fourth-order valence-electron chi connectivity index (χ4n) is 1.76. The summed E-state index contributed by atoms with van der Waals surface area (Å²) in [6, 6.07) is 4.74. The maximum atomic E-state index is 12.3. The van der Waals surface area contributed by atoms with Crippen LogP contribution in [0.3, 0.4) is 0 Å². The van der Waals surface area contributed by atoms with Gasteiger partial charge < -0.3 is 9.50 Å². The molecule has 1 N–H and O–H groups in total. The number of hydrogen-bond acceptors (Lipinski definition) is 6. The van der Waals surface area contributed by atoms with Crippen molar-refractivity contribution in [3.63, 3.8) is 0 Å². The van der Waals surface area contributed by atoms with E-state index < -0.39 is 27.3 Å². The van der Waals surface area contributed by atoms with E-state index in [1.165, 1.54) is 23.5 Å². The average Bonchev–Trinajstić information content (AvgIpc) is 2.91. The van der Waals surface area contributed by atoms with Crippen molar-refractivity contribution >= 4 is 32.5 Å². The molecule has 136 valence electrons. The molecule has 0 aliphatic heterocycles. The summed E-state index contributed by atoms with van der Waals surface area (Å²) in [6.07, 6.45) is 0. The second-order valence-electron chi connectivity index (χ2n) is 5.06. The van der Waals surface area contributed by atoms with Gasteiger partial charge in [0, 0.05) is 5.38 Å². The average molecular weight is 394 g/mol. The zero-order valence-corrected chi connectivity index (χ0v) is 14.6. The Morgan fingerprint density at radius 1 is 1.28 bits per heavy atom. The van der Waals surface area contributed by atoms with Crippen molar-refractivity contribution in [2.24, 2.45) is 0 Å². The Morgan fingerprint density at radius 3 is 2.36 bits per heavy atom. The summed E-state index contributed by atoms with van der Waals surface area (Å²) in [7, 11) is -5.72. The highest BCUT2D eigenvalue weighted by molar-refractivity contribution is 7.88. The first kappa shape index (κ1) is 19.2. The van der Waals surface area contributed by atoms with E-state index in [1.54, 1.807) is 19.2 Å². The van der Waals surface area contributed by atoms with E-state index in [0.29, 0.717) is 10.7 Å². The fourth-order valence-corrected chi connectivity index (χ4v) is 2.91. The van der Waals surface area contributed by atoms with Crippen LogP contribution in [0.25, 0.3) is 0 Å². The molecule has 0 aliphatic carbocycles. The smallest absolute Gasteiger partial charge is 0.376 e. The quantitative estimate of drug-likeness (QED) is 0.620. The predicted octanol–water partition coefficient (Wildman–Crippen LogP) is 3.42. The molecule has 0 fully saturated rings. The Labute approximate surface area is 145 Å². The number of nitrogens with one attached hydrogen (secondary N) is 1. The molecule has 0 unspecified atom stereocenters. The molecule has 1 heterocycles. The van der Waals surface area contributed by atoms with E-state index in [9.17, 15) is 26.4 Å². The van der Waals surface area contributed by atoms with Gasteiger partial charge in [-0.3, -0.25) is 4.79 Å². The van der Waals surface area contributed by atoms with E-state index in [-0.39, 0.29) is 5.91 Å². The molecule has 1 amide bonds. The number of benzene rings is 1. The van der Waals surface area contributed by atoms with Crippen molar-refractivity contribution in [3.05, 3.63) is 40.9 Å². The third-order valence-electron chi connectivity index (χ3n) is 3.11. The van der Waals surface area contributed by atoms with Crippen LogP contribution in [0.15, 0.2) is 29.6 Å². The van der Waals surface area contributed by atoms with E-state index >= 15 is 0 Å². The zero-order valence-electron chi connectivity index (χ0n) is 13.0. The van der Waals surface area contributed by atoms with Gasteiger partial charge in [-0.2, -0.15) is 21.6 Å². The molecule has 0 aliphatic rings. The van der Waals surface area contributed by atoms with Crippen molar-refractivity contribution in [1.29, 1.82) is 0 Å². The van der Waals surface area contributed by atoms with Gasteiger partial charge in [-0.1, -0.05) is 12.1 Å². The van der Waals surface area contributed by atoms with Gasteiger partial charge in [0.25, 0.3) is 0 Å². The maximum Gasteiger partial charge on any atom is 0.534 e. The number of aromatic nitrogens is 1. The highest BCUT2D eigenvalue weighted by Gasteiger charge is 2.48. The second kappa shape index (κ2) is 7.00. The van der Waals surface area contributed by atoms with Crippen molar-refractivity contribution in [1.82, 2.24) is 4.98 Å². The minimum atomic E-state index is -5.72. The van der Waals surface area contributed by atoms with Crippen LogP contribution in [0.2, 0.25) is 0 Å². The molecule has 1 atom stereocenters. The Hall–Kier alpha value is -2.14. The Morgan fingerprint density at radius 2 is 1.88 bits per heavy atom. The lowest BCUT2D eigenvalue weighted by molar-refractivity contribution is -0.117. The number of aryl methyl sites for hydroxylation is 1. The van der Waals surface area contributed by atoms with Gasteiger partial charge >= 0.3 is 15.6 Å². The Balaban J connectivity index is 2.07. The molecular formula is C14H13F3N2O4S2. The van der Waals surface area contributed by atoms with Crippen molar-refractivity contribution in [2.75, 3.05) is 5.32 Å². The predicted molar refractivity (Wildman–Crippen MR) is 85.9 cm³/mol. The molecule has 11 heteroatoms. The van der Waals surface area contributed by atoms with E-state index in [2.05, 4.69) is 14.5 Å². The monoisotopic (exact) mass is 394 g/mol. The number of halogens is 3. The SMILES string of the molecule is Cc1csc(NC(=O)[C@H](C)c2ccc(OS(=O)(=O)C(F)(F)F)cc2)n1. The van der Waals surface area contributed by atoms with E-state index in [0.717, 1.165) is 17.8 Å². The Bertz CT molecular complexity index is 861. The topological polar surface area (TPSA) is 85.4 Å². The lowest BCUT2D eigenvalue weighted by atomic mass is 10.0. The summed E-state index contributed by atoms with van der Waals surface area (Å²) in [6.45, 7) is 3.38. The van der Waals surface area contributed by atoms with Gasteiger partial charge in [0.1, 0.15) is 5.75 Å². The lowest BCUT2D eigenvalue weighted by Crippen LogP contribution is -2.28. The van der Waals surface area contributed by atoms with Crippen LogP contribution in [0.4, 0.5) is 18.3 Å². The van der Waals surface area contributed by atoms with Crippen LogP contribution in [0.1, 0.15) is 24.1 Å². The first-order chi connectivity index (χ1) is 11.5. The van der Waals surface area contributed by atoms with Crippen LogP contribution in [0.5, 0.6) is 5.75 Å². The number of carbonyl (C=O) groups is 1. The number of hydrogen-bond donors (Lipinski definition) is 1. The highest BCUT2D eigenvalue weighted by Crippen LogP contribution is 2.28. The molecule has 0 saturated carbocycles. The van der Waals surface area contributed by atoms with Gasteiger partial charge in [-0.15, -0.1) is 11.3 Å². The molecule has 25 heavy (non-hydrogen) atoms. The molecule has 0 radical (unpaired) electrons. The number of nitrogens with zero attached hydrogens (tertiary/aromatic N) is 1. The number of alkyl halides is 3. The molecule has 6 nitrogen and oxygen atoms in total. The summed E-state index contributed by atoms with van der Waals surface area (Å²) in [5.74, 6) is -1.48. The van der Waals surface area contributed by atoms with Crippen LogP contribution in [-0.4, -0.2) is 24.8 Å². The summed E-state index contributed by atoms with van der Waals surface area (Å²) < 4.78 is 62.7. The molecule has 2 rings (SSSR count). The minimum Gasteiger partial charge on any atom is -0.376 e. The first-order valence-electron chi connectivity index (χ1n) is 6.83. The van der Waals surface area contributed by atoms with Gasteiger partial charge in [0.05, 0.1) is 11.6 Å². The van der Waals surface area contributed by atoms with E-state index in [1.807, 2.05) is 0 Å². The van der Waals surface area contributed by atoms with Crippen molar-refractivity contribution < 1.29 is 30.6 Å². The first-order valence-corrected chi connectivity index (χ1v) is 9.12. The number of amides is 1. The zero-order chi connectivity index (χ0) is 18.8.